The van der Waals surface area contributed by atoms with E-state index in [2.05, 4.69) is 26.0 Å². The minimum atomic E-state index is -0.457. The second-order valence-electron chi connectivity index (χ2n) is 5.37. The number of nitrogens with zero attached hydrogens (tertiary/aromatic N) is 2. The van der Waals surface area contributed by atoms with Gasteiger partial charge in [0.15, 0.2) is 0 Å². The molecule has 8 heteroatoms. The normalized spacial score (nSPS) is 10.6. The number of rotatable bonds is 6. The molecule has 2 amide bonds. The summed E-state index contributed by atoms with van der Waals surface area (Å²) in [6.45, 7) is 0.750. The third-order valence-corrected chi connectivity index (χ3v) is 3.60. The Bertz CT molecular complexity index is 909. The first-order valence-corrected chi connectivity index (χ1v) is 7.76. The molecule has 0 unspecified atom stereocenters. The molecule has 7 nitrogen and oxygen atoms in total. The van der Waals surface area contributed by atoms with Crippen LogP contribution in [-0.2, 0) is 0 Å². The number of para-hydroxylation sites is 1. The molecule has 3 N–H and O–H groups in total. The molecule has 0 aliphatic rings. The van der Waals surface area contributed by atoms with Gasteiger partial charge in [0.25, 0.3) is 11.8 Å². The van der Waals surface area contributed by atoms with E-state index in [-0.39, 0.29) is 17.4 Å². The van der Waals surface area contributed by atoms with Crippen molar-refractivity contribution in [2.75, 3.05) is 13.1 Å². The molecule has 0 aliphatic heterocycles. The lowest BCUT2D eigenvalue weighted by Gasteiger charge is -2.07. The van der Waals surface area contributed by atoms with E-state index in [9.17, 15) is 14.0 Å². The molecule has 0 saturated heterocycles. The highest BCUT2D eigenvalue weighted by Crippen LogP contribution is 2.13. The number of hydrogen-bond donors (Lipinski definition) is 3. The van der Waals surface area contributed by atoms with E-state index in [1.165, 1.54) is 18.2 Å². The van der Waals surface area contributed by atoms with Crippen LogP contribution in [-0.4, -0.2) is 40.3 Å². The van der Waals surface area contributed by atoms with Crippen LogP contribution in [0.3, 0.4) is 0 Å². The third-order valence-electron chi connectivity index (χ3n) is 3.60. The van der Waals surface area contributed by atoms with Gasteiger partial charge in [0, 0.05) is 18.7 Å². The number of fused-ring (bicyclic) bond motifs is 1. The van der Waals surface area contributed by atoms with Gasteiger partial charge in [-0.25, -0.2) is 4.39 Å². The van der Waals surface area contributed by atoms with E-state index in [0.29, 0.717) is 36.1 Å². The van der Waals surface area contributed by atoms with Crippen molar-refractivity contribution in [1.29, 1.82) is 0 Å². The van der Waals surface area contributed by atoms with Gasteiger partial charge in [-0.05, 0) is 36.8 Å². The van der Waals surface area contributed by atoms with Crippen LogP contribution >= 0.6 is 0 Å². The van der Waals surface area contributed by atoms with Crippen molar-refractivity contribution in [2.24, 2.45) is 0 Å². The van der Waals surface area contributed by atoms with Crippen LogP contribution in [0.4, 0.5) is 4.39 Å². The predicted molar refractivity (Wildman–Crippen MR) is 89.6 cm³/mol. The van der Waals surface area contributed by atoms with Gasteiger partial charge < -0.3 is 10.6 Å². The number of carbonyl (C=O) groups is 2. The summed E-state index contributed by atoms with van der Waals surface area (Å²) in [5.74, 6) is -1.06. The lowest BCUT2D eigenvalue weighted by atomic mass is 10.1. The van der Waals surface area contributed by atoms with Crippen LogP contribution in [0.5, 0.6) is 0 Å². The Morgan fingerprint density at radius 1 is 1.00 bits per heavy atom. The first kappa shape index (κ1) is 16.6. The maximum Gasteiger partial charge on any atom is 0.253 e. The first-order chi connectivity index (χ1) is 12.1. The van der Waals surface area contributed by atoms with Crippen LogP contribution in [0.1, 0.15) is 27.1 Å². The fraction of sp³-hybridized carbons (Fsp3) is 0.176. The summed E-state index contributed by atoms with van der Waals surface area (Å²) in [6.07, 6.45) is 0.543. The van der Waals surface area contributed by atoms with Gasteiger partial charge in [-0.15, -0.1) is 0 Å². The number of amides is 2. The van der Waals surface area contributed by atoms with Crippen molar-refractivity contribution in [3.8, 4) is 0 Å². The number of H-pyrrole nitrogens is 1. The number of carbonyl (C=O) groups excluding carboxylic acids is 2. The molecule has 0 bridgehead atoms. The molecular formula is C17H16FN5O2. The van der Waals surface area contributed by atoms with Crippen molar-refractivity contribution in [2.45, 2.75) is 6.42 Å². The molecule has 2 aromatic carbocycles. The third kappa shape index (κ3) is 3.97. The van der Waals surface area contributed by atoms with Crippen LogP contribution in [0, 0.1) is 5.82 Å². The summed E-state index contributed by atoms with van der Waals surface area (Å²) in [5, 5.41) is 15.8. The van der Waals surface area contributed by atoms with Crippen LogP contribution < -0.4 is 10.6 Å². The van der Waals surface area contributed by atoms with Gasteiger partial charge in [-0.1, -0.05) is 12.1 Å². The average molecular weight is 341 g/mol. The number of nitrogens with one attached hydrogen (secondary N) is 3. The molecule has 0 radical (unpaired) electrons. The summed E-state index contributed by atoms with van der Waals surface area (Å²) in [7, 11) is 0. The van der Waals surface area contributed by atoms with E-state index in [1.807, 2.05) is 0 Å². The SMILES string of the molecule is O=C(NCCCNC(=O)c1cccc2n[nH]nc12)c1cccc(F)c1. The second kappa shape index (κ2) is 7.52. The monoisotopic (exact) mass is 341 g/mol. The Morgan fingerprint density at radius 3 is 2.56 bits per heavy atom. The predicted octanol–water partition coefficient (Wildman–Crippen LogP) is 1.65. The highest BCUT2D eigenvalue weighted by atomic mass is 19.1. The summed E-state index contributed by atoms with van der Waals surface area (Å²) in [6, 6.07) is 10.6. The van der Waals surface area contributed by atoms with Gasteiger partial charge in [-0.2, -0.15) is 15.4 Å². The Morgan fingerprint density at radius 2 is 1.76 bits per heavy atom. The molecule has 1 heterocycles. The lowest BCUT2D eigenvalue weighted by molar-refractivity contribution is 0.0952. The van der Waals surface area contributed by atoms with Crippen molar-refractivity contribution >= 4 is 22.8 Å². The van der Waals surface area contributed by atoms with Crippen molar-refractivity contribution in [1.82, 2.24) is 26.0 Å². The van der Waals surface area contributed by atoms with E-state index in [1.54, 1.807) is 24.3 Å². The van der Waals surface area contributed by atoms with Crippen LogP contribution in [0.25, 0.3) is 11.0 Å². The smallest absolute Gasteiger partial charge is 0.253 e. The number of aromatic nitrogens is 3. The fourth-order valence-corrected chi connectivity index (χ4v) is 2.37. The number of hydrogen-bond acceptors (Lipinski definition) is 4. The largest absolute Gasteiger partial charge is 0.352 e. The molecular weight excluding hydrogens is 325 g/mol. The molecule has 3 rings (SSSR count). The number of benzene rings is 2. The molecule has 0 aliphatic carbocycles. The number of halogens is 1. The fourth-order valence-electron chi connectivity index (χ4n) is 2.37. The minimum Gasteiger partial charge on any atom is -0.352 e. The van der Waals surface area contributed by atoms with Crippen molar-refractivity contribution < 1.29 is 14.0 Å². The Balaban J connectivity index is 1.45. The Labute approximate surface area is 142 Å². The standard InChI is InChI=1S/C17H16FN5O2/c18-12-5-1-4-11(10-12)16(24)19-8-3-9-20-17(25)13-6-2-7-14-15(13)22-23-21-14/h1-2,4-7,10H,3,8-9H2,(H,19,24)(H,20,25)(H,21,22,23). The van der Waals surface area contributed by atoms with Crippen LogP contribution in [0.2, 0.25) is 0 Å². The maximum absolute atomic E-state index is 13.1. The zero-order chi connectivity index (χ0) is 17.6. The molecule has 25 heavy (non-hydrogen) atoms. The van der Waals surface area contributed by atoms with Crippen LogP contribution in [0.15, 0.2) is 42.5 Å². The van der Waals surface area contributed by atoms with Gasteiger partial charge >= 0.3 is 0 Å². The molecule has 0 atom stereocenters. The maximum atomic E-state index is 13.1. The van der Waals surface area contributed by atoms with E-state index in [0.717, 1.165) is 0 Å². The topological polar surface area (TPSA) is 99.8 Å². The molecule has 1 aromatic heterocycles. The lowest BCUT2D eigenvalue weighted by Crippen LogP contribution is -2.30. The molecule has 3 aromatic rings. The quantitative estimate of drug-likeness (QED) is 0.594. The summed E-state index contributed by atoms with van der Waals surface area (Å²) < 4.78 is 13.1. The minimum absolute atomic E-state index is 0.254. The van der Waals surface area contributed by atoms with E-state index >= 15 is 0 Å². The molecule has 0 fully saturated rings. The van der Waals surface area contributed by atoms with Gasteiger partial charge in [0.05, 0.1) is 5.56 Å². The molecule has 128 valence electrons. The zero-order valence-electron chi connectivity index (χ0n) is 13.3. The average Bonchev–Trinajstić information content (AvgIpc) is 3.09. The second-order valence-corrected chi connectivity index (χ2v) is 5.37. The zero-order valence-corrected chi connectivity index (χ0v) is 13.3. The Kier molecular flexibility index (Phi) is 4.98. The van der Waals surface area contributed by atoms with Gasteiger partial charge in [0.2, 0.25) is 0 Å². The van der Waals surface area contributed by atoms with E-state index < -0.39 is 5.82 Å². The van der Waals surface area contributed by atoms with E-state index in [4.69, 9.17) is 0 Å². The highest BCUT2D eigenvalue weighted by molar-refractivity contribution is 6.04. The first-order valence-electron chi connectivity index (χ1n) is 7.76. The van der Waals surface area contributed by atoms with Gasteiger partial charge in [-0.3, -0.25) is 9.59 Å². The molecule has 0 saturated carbocycles. The summed E-state index contributed by atoms with van der Waals surface area (Å²) in [5.41, 5.74) is 1.84. The van der Waals surface area contributed by atoms with Crippen molar-refractivity contribution in [3.05, 3.63) is 59.4 Å². The highest BCUT2D eigenvalue weighted by Gasteiger charge is 2.12. The van der Waals surface area contributed by atoms with Crippen molar-refractivity contribution in [3.63, 3.8) is 0 Å². The molecule has 0 spiro atoms. The summed E-state index contributed by atoms with van der Waals surface area (Å²) >= 11 is 0. The Hall–Kier alpha value is -3.29. The summed E-state index contributed by atoms with van der Waals surface area (Å²) in [4.78, 5) is 24.0. The van der Waals surface area contributed by atoms with Gasteiger partial charge in [0.1, 0.15) is 16.9 Å². The number of aromatic amines is 1.